The van der Waals surface area contributed by atoms with Crippen molar-refractivity contribution in [2.24, 2.45) is 10.8 Å². The number of fused-ring (bicyclic) bond motifs is 1. The number of methoxy groups -OCH3 is 2. The second-order valence-corrected chi connectivity index (χ2v) is 11.1. The fourth-order valence-electron chi connectivity index (χ4n) is 5.91. The largest absolute Gasteiger partial charge is 0.573 e. The van der Waals surface area contributed by atoms with Crippen LogP contribution < -0.4 is 14.8 Å². The Kier molecular flexibility index (Phi) is 6.81. The van der Waals surface area contributed by atoms with Crippen molar-refractivity contribution in [3.8, 4) is 11.5 Å². The fraction of sp³-hybridized carbons (Fsp3) is 0.481. The molecule has 2 aromatic carbocycles. The normalized spacial score (nSPS) is 17.4. The number of hydrogen-bond donors (Lipinski definition) is 1. The van der Waals surface area contributed by atoms with E-state index < -0.39 is 12.3 Å². The Hall–Kier alpha value is -3.43. The van der Waals surface area contributed by atoms with Crippen LogP contribution in [0.2, 0.25) is 0 Å². The Bertz CT molecular complexity index is 1280. The number of nitrogens with zero attached hydrogens (tertiary/aromatic N) is 2. The third-order valence-electron chi connectivity index (χ3n) is 6.67. The molecule has 10 heteroatoms. The minimum Gasteiger partial charge on any atom is -0.493 e. The second kappa shape index (κ2) is 9.46. The highest BCUT2D eigenvalue weighted by Crippen LogP contribution is 2.52. The summed E-state index contributed by atoms with van der Waals surface area (Å²) in [5.74, 6) is -0.0533. The van der Waals surface area contributed by atoms with E-state index in [1.807, 2.05) is 6.07 Å². The van der Waals surface area contributed by atoms with E-state index in [1.54, 1.807) is 6.07 Å². The molecule has 1 aromatic heterocycles. The summed E-state index contributed by atoms with van der Waals surface area (Å²) in [5, 5.41) is 3.26. The average molecular weight is 520 g/mol. The molecule has 0 aliphatic heterocycles. The summed E-state index contributed by atoms with van der Waals surface area (Å²) in [5.41, 5.74) is 2.22. The van der Waals surface area contributed by atoms with Crippen molar-refractivity contribution in [2.75, 3.05) is 19.5 Å². The van der Waals surface area contributed by atoms with Crippen molar-refractivity contribution < 1.29 is 32.2 Å². The molecule has 1 heterocycles. The van der Waals surface area contributed by atoms with E-state index in [1.165, 1.54) is 38.5 Å². The molecular weight excluding hydrogens is 487 g/mol. The number of carbonyl (C=O) groups excluding carboxylic acids is 1. The minimum atomic E-state index is -4.77. The lowest BCUT2D eigenvalue weighted by atomic mass is 9.63. The number of halogens is 3. The van der Waals surface area contributed by atoms with Crippen molar-refractivity contribution in [1.82, 2.24) is 9.55 Å². The van der Waals surface area contributed by atoms with E-state index in [4.69, 9.17) is 14.5 Å². The maximum atomic E-state index is 12.6. The van der Waals surface area contributed by atoms with Crippen LogP contribution in [0, 0.1) is 10.8 Å². The molecule has 37 heavy (non-hydrogen) atoms. The standard InChI is InChI=1S/C27H32F3N3O4/c1-25(2)13-17(14-26(3,4)15-25)33-20-12-11-19(23(34)36-6)22(35-5)21(20)32-24(33)31-16-7-9-18(10-8-16)37-27(28,29)30/h7-12,17H,13-15H2,1-6H3,(H,31,32). The lowest BCUT2D eigenvalue weighted by molar-refractivity contribution is -0.274. The minimum absolute atomic E-state index is 0.0763. The molecule has 0 amide bonds. The average Bonchev–Trinajstić information content (AvgIpc) is 3.14. The van der Waals surface area contributed by atoms with E-state index in [0.717, 1.165) is 24.8 Å². The summed E-state index contributed by atoms with van der Waals surface area (Å²) in [6.45, 7) is 9.01. The number of anilines is 2. The number of benzene rings is 2. The van der Waals surface area contributed by atoms with Gasteiger partial charge in [-0.25, -0.2) is 9.78 Å². The van der Waals surface area contributed by atoms with Crippen LogP contribution in [0.4, 0.5) is 24.8 Å². The Balaban J connectivity index is 1.83. The van der Waals surface area contributed by atoms with Crippen molar-refractivity contribution in [3.63, 3.8) is 0 Å². The van der Waals surface area contributed by atoms with Gasteiger partial charge in [-0.1, -0.05) is 27.7 Å². The topological polar surface area (TPSA) is 74.6 Å². The van der Waals surface area contributed by atoms with Gasteiger partial charge in [0.1, 0.15) is 16.8 Å². The van der Waals surface area contributed by atoms with Gasteiger partial charge >= 0.3 is 12.3 Å². The SMILES string of the molecule is COC(=O)c1ccc2c(nc(Nc3ccc(OC(F)(F)F)cc3)n2C2CC(C)(C)CC(C)(C)C2)c1OC. The molecule has 1 saturated carbocycles. The number of alkyl halides is 3. The van der Waals surface area contributed by atoms with Crippen LogP contribution in [0.25, 0.3) is 11.0 Å². The summed E-state index contributed by atoms with van der Waals surface area (Å²) >= 11 is 0. The quantitative estimate of drug-likeness (QED) is 0.346. The van der Waals surface area contributed by atoms with E-state index in [-0.39, 0.29) is 28.2 Å². The molecule has 4 rings (SSSR count). The molecule has 1 fully saturated rings. The van der Waals surface area contributed by atoms with Crippen LogP contribution in [0.5, 0.6) is 11.5 Å². The predicted octanol–water partition coefficient (Wildman–Crippen LogP) is 7.25. The molecule has 0 radical (unpaired) electrons. The summed E-state index contributed by atoms with van der Waals surface area (Å²) in [6.07, 6.45) is -1.90. The molecule has 1 aliphatic rings. The first kappa shape index (κ1) is 26.6. The number of carbonyl (C=O) groups is 1. The van der Waals surface area contributed by atoms with Gasteiger partial charge in [0.05, 0.1) is 19.7 Å². The molecule has 0 saturated heterocycles. The van der Waals surface area contributed by atoms with Crippen LogP contribution in [0.3, 0.4) is 0 Å². The van der Waals surface area contributed by atoms with Crippen molar-refractivity contribution in [2.45, 2.75) is 59.4 Å². The lowest BCUT2D eigenvalue weighted by Crippen LogP contribution is -2.35. The number of esters is 1. The van der Waals surface area contributed by atoms with Crippen molar-refractivity contribution in [1.29, 1.82) is 0 Å². The van der Waals surface area contributed by atoms with Crippen LogP contribution in [0.15, 0.2) is 36.4 Å². The zero-order valence-electron chi connectivity index (χ0n) is 21.8. The zero-order valence-corrected chi connectivity index (χ0v) is 21.8. The molecule has 1 aliphatic carbocycles. The molecule has 7 nitrogen and oxygen atoms in total. The number of hydrogen-bond acceptors (Lipinski definition) is 6. The van der Waals surface area contributed by atoms with E-state index in [9.17, 15) is 18.0 Å². The van der Waals surface area contributed by atoms with Gasteiger partial charge in [0, 0.05) is 11.7 Å². The molecule has 0 unspecified atom stereocenters. The maximum Gasteiger partial charge on any atom is 0.573 e. The second-order valence-electron chi connectivity index (χ2n) is 11.1. The first-order valence-corrected chi connectivity index (χ1v) is 12.0. The molecular formula is C27H32F3N3O4. The molecule has 200 valence electrons. The van der Waals surface area contributed by atoms with Gasteiger partial charge in [-0.2, -0.15) is 0 Å². The van der Waals surface area contributed by atoms with Gasteiger partial charge in [0.25, 0.3) is 0 Å². The highest BCUT2D eigenvalue weighted by Gasteiger charge is 2.40. The van der Waals surface area contributed by atoms with Crippen molar-refractivity contribution >= 4 is 28.6 Å². The van der Waals surface area contributed by atoms with E-state index in [0.29, 0.717) is 22.9 Å². The monoisotopic (exact) mass is 519 g/mol. The molecule has 1 N–H and O–H groups in total. The molecule has 0 atom stereocenters. The Morgan fingerprint density at radius 1 is 1.03 bits per heavy atom. The van der Waals surface area contributed by atoms with Crippen LogP contribution in [0.1, 0.15) is 63.4 Å². The van der Waals surface area contributed by atoms with Crippen LogP contribution >= 0.6 is 0 Å². The van der Waals surface area contributed by atoms with E-state index in [2.05, 4.69) is 42.3 Å². The van der Waals surface area contributed by atoms with Crippen LogP contribution in [-0.2, 0) is 4.74 Å². The summed E-state index contributed by atoms with van der Waals surface area (Å²) < 4.78 is 54.4. The number of imidazole rings is 1. The Morgan fingerprint density at radius 2 is 1.65 bits per heavy atom. The Morgan fingerprint density at radius 3 is 2.19 bits per heavy atom. The maximum absolute atomic E-state index is 12.6. The summed E-state index contributed by atoms with van der Waals surface area (Å²) in [6, 6.07) is 9.05. The van der Waals surface area contributed by atoms with Gasteiger partial charge in [-0.05, 0) is 66.5 Å². The highest BCUT2D eigenvalue weighted by atomic mass is 19.4. The molecule has 3 aromatic rings. The van der Waals surface area contributed by atoms with Crippen LogP contribution in [-0.4, -0.2) is 36.1 Å². The number of aromatic nitrogens is 2. The Labute approximate surface area is 213 Å². The molecule has 0 bridgehead atoms. The highest BCUT2D eigenvalue weighted by molar-refractivity contribution is 6.00. The first-order chi connectivity index (χ1) is 17.2. The molecule has 0 spiro atoms. The van der Waals surface area contributed by atoms with E-state index >= 15 is 0 Å². The third-order valence-corrected chi connectivity index (χ3v) is 6.67. The summed E-state index contributed by atoms with van der Waals surface area (Å²) in [4.78, 5) is 17.2. The number of rotatable bonds is 6. The number of ether oxygens (including phenoxy) is 3. The fourth-order valence-corrected chi connectivity index (χ4v) is 5.91. The summed E-state index contributed by atoms with van der Waals surface area (Å²) in [7, 11) is 2.77. The van der Waals surface area contributed by atoms with Gasteiger partial charge in [-0.15, -0.1) is 13.2 Å². The van der Waals surface area contributed by atoms with Gasteiger partial charge in [-0.3, -0.25) is 0 Å². The van der Waals surface area contributed by atoms with Gasteiger partial charge in [0.2, 0.25) is 5.95 Å². The predicted molar refractivity (Wildman–Crippen MR) is 134 cm³/mol. The lowest BCUT2D eigenvalue weighted by Gasteiger charge is -2.45. The van der Waals surface area contributed by atoms with Gasteiger partial charge in [0.15, 0.2) is 5.75 Å². The van der Waals surface area contributed by atoms with Gasteiger partial charge < -0.3 is 24.1 Å². The zero-order chi connectivity index (χ0) is 27.2. The first-order valence-electron chi connectivity index (χ1n) is 12.0. The number of nitrogens with one attached hydrogen (secondary N) is 1. The van der Waals surface area contributed by atoms with Crippen molar-refractivity contribution in [3.05, 3.63) is 42.0 Å². The smallest absolute Gasteiger partial charge is 0.493 e. The third kappa shape index (κ3) is 5.78.